The van der Waals surface area contributed by atoms with Crippen molar-refractivity contribution in [3.63, 3.8) is 0 Å². The molecule has 0 fully saturated rings. The standard InChI is InChI=1S/C27H24N2O2/c30-27(25-13-7-8-14-26(25)28-22-11-5-2-6-12-22)29-23-15-17-24(18-16-23)31-20-19-21-9-3-1-4-10-21/h1-18,28H,19-20H2,(H,29,30). The molecule has 31 heavy (non-hydrogen) atoms. The van der Waals surface area contributed by atoms with Gasteiger partial charge in [-0.15, -0.1) is 0 Å². The van der Waals surface area contributed by atoms with E-state index in [4.69, 9.17) is 4.74 Å². The van der Waals surface area contributed by atoms with E-state index in [1.54, 1.807) is 0 Å². The van der Waals surface area contributed by atoms with E-state index in [9.17, 15) is 4.79 Å². The van der Waals surface area contributed by atoms with Crippen LogP contribution in [0, 0.1) is 0 Å². The average Bonchev–Trinajstić information content (AvgIpc) is 2.82. The fourth-order valence-corrected chi connectivity index (χ4v) is 3.23. The van der Waals surface area contributed by atoms with Crippen LogP contribution in [0.1, 0.15) is 15.9 Å². The highest BCUT2D eigenvalue weighted by atomic mass is 16.5. The number of hydrogen-bond acceptors (Lipinski definition) is 3. The summed E-state index contributed by atoms with van der Waals surface area (Å²) in [5.41, 5.74) is 4.23. The minimum Gasteiger partial charge on any atom is -0.493 e. The van der Waals surface area contributed by atoms with Crippen LogP contribution in [0.2, 0.25) is 0 Å². The van der Waals surface area contributed by atoms with Crippen molar-refractivity contribution in [2.45, 2.75) is 6.42 Å². The summed E-state index contributed by atoms with van der Waals surface area (Å²) in [5.74, 6) is 0.608. The Hall–Kier alpha value is -4.05. The van der Waals surface area contributed by atoms with Gasteiger partial charge in [-0.05, 0) is 54.1 Å². The molecule has 4 aromatic rings. The van der Waals surface area contributed by atoms with Crippen molar-refractivity contribution in [3.8, 4) is 5.75 Å². The first-order valence-corrected chi connectivity index (χ1v) is 10.3. The third kappa shape index (κ3) is 5.73. The van der Waals surface area contributed by atoms with Crippen molar-refractivity contribution in [1.82, 2.24) is 0 Å². The molecule has 0 bridgehead atoms. The summed E-state index contributed by atoms with van der Waals surface area (Å²) in [6, 6.07) is 34.9. The van der Waals surface area contributed by atoms with Crippen molar-refractivity contribution < 1.29 is 9.53 Å². The molecule has 2 N–H and O–H groups in total. The van der Waals surface area contributed by atoms with Gasteiger partial charge >= 0.3 is 0 Å². The molecule has 0 unspecified atom stereocenters. The van der Waals surface area contributed by atoms with E-state index in [0.29, 0.717) is 12.2 Å². The minimum absolute atomic E-state index is 0.170. The third-order valence-electron chi connectivity index (χ3n) is 4.84. The van der Waals surface area contributed by atoms with Crippen molar-refractivity contribution in [1.29, 1.82) is 0 Å². The third-order valence-corrected chi connectivity index (χ3v) is 4.84. The van der Waals surface area contributed by atoms with Crippen LogP contribution in [0.15, 0.2) is 109 Å². The van der Waals surface area contributed by atoms with Gasteiger partial charge < -0.3 is 15.4 Å². The van der Waals surface area contributed by atoms with Crippen LogP contribution in [-0.2, 0) is 6.42 Å². The Morgan fingerprint density at radius 3 is 2.06 bits per heavy atom. The molecule has 4 nitrogen and oxygen atoms in total. The van der Waals surface area contributed by atoms with E-state index < -0.39 is 0 Å². The summed E-state index contributed by atoms with van der Waals surface area (Å²) in [4.78, 5) is 12.9. The first-order valence-electron chi connectivity index (χ1n) is 10.3. The van der Waals surface area contributed by atoms with E-state index in [-0.39, 0.29) is 5.91 Å². The number of ether oxygens (including phenoxy) is 1. The molecule has 0 aliphatic heterocycles. The maximum atomic E-state index is 12.9. The number of anilines is 3. The summed E-state index contributed by atoms with van der Waals surface area (Å²) in [5, 5.41) is 6.26. The zero-order valence-corrected chi connectivity index (χ0v) is 17.1. The number of nitrogens with one attached hydrogen (secondary N) is 2. The zero-order valence-electron chi connectivity index (χ0n) is 17.1. The van der Waals surface area contributed by atoms with Gasteiger partial charge in [0.2, 0.25) is 0 Å². The fraction of sp³-hybridized carbons (Fsp3) is 0.0741. The molecule has 0 radical (unpaired) electrons. The first kappa shape index (κ1) is 20.2. The molecule has 0 saturated carbocycles. The van der Waals surface area contributed by atoms with Crippen LogP contribution in [0.5, 0.6) is 5.75 Å². The van der Waals surface area contributed by atoms with Crippen molar-refractivity contribution >= 4 is 23.0 Å². The van der Waals surface area contributed by atoms with E-state index in [0.717, 1.165) is 29.2 Å². The van der Waals surface area contributed by atoms with E-state index in [1.807, 2.05) is 97.1 Å². The SMILES string of the molecule is O=C(Nc1ccc(OCCc2ccccc2)cc1)c1ccccc1Nc1ccccc1. The summed E-state index contributed by atoms with van der Waals surface area (Å²) in [6.07, 6.45) is 0.852. The lowest BCUT2D eigenvalue weighted by atomic mass is 10.1. The van der Waals surface area contributed by atoms with Gasteiger partial charge in [0.1, 0.15) is 5.75 Å². The van der Waals surface area contributed by atoms with Gasteiger partial charge in [-0.1, -0.05) is 60.7 Å². The van der Waals surface area contributed by atoms with Gasteiger partial charge in [0.25, 0.3) is 5.91 Å². The summed E-state index contributed by atoms with van der Waals surface area (Å²) in [6.45, 7) is 0.605. The van der Waals surface area contributed by atoms with Gasteiger partial charge in [0.05, 0.1) is 17.9 Å². The number of carbonyl (C=O) groups excluding carboxylic acids is 1. The molecule has 0 aliphatic carbocycles. The molecular weight excluding hydrogens is 384 g/mol. The van der Waals surface area contributed by atoms with Crippen molar-refractivity contribution in [2.24, 2.45) is 0 Å². The molecule has 0 saturated heterocycles. The van der Waals surface area contributed by atoms with Gasteiger partial charge in [0.15, 0.2) is 0 Å². The number of para-hydroxylation sites is 2. The topological polar surface area (TPSA) is 50.4 Å². The highest BCUT2D eigenvalue weighted by molar-refractivity contribution is 6.08. The Balaban J connectivity index is 1.35. The van der Waals surface area contributed by atoms with E-state index >= 15 is 0 Å². The molecule has 0 heterocycles. The quantitative estimate of drug-likeness (QED) is 0.359. The van der Waals surface area contributed by atoms with Crippen LogP contribution < -0.4 is 15.4 Å². The Labute approximate surface area is 182 Å². The molecule has 0 spiro atoms. The van der Waals surface area contributed by atoms with Crippen LogP contribution in [0.25, 0.3) is 0 Å². The molecule has 0 aromatic heterocycles. The van der Waals surface area contributed by atoms with Crippen LogP contribution in [-0.4, -0.2) is 12.5 Å². The number of carbonyl (C=O) groups is 1. The monoisotopic (exact) mass is 408 g/mol. The zero-order chi connectivity index (χ0) is 21.3. The predicted octanol–water partition coefficient (Wildman–Crippen LogP) is 6.30. The second-order valence-corrected chi connectivity index (χ2v) is 7.10. The number of benzene rings is 4. The normalized spacial score (nSPS) is 10.3. The second-order valence-electron chi connectivity index (χ2n) is 7.10. The molecule has 4 aromatic carbocycles. The lowest BCUT2D eigenvalue weighted by Crippen LogP contribution is -2.13. The number of amides is 1. The molecule has 4 rings (SSSR count). The Bertz CT molecular complexity index is 1110. The molecule has 0 atom stereocenters. The molecule has 154 valence electrons. The highest BCUT2D eigenvalue weighted by Gasteiger charge is 2.11. The summed E-state index contributed by atoms with van der Waals surface area (Å²) in [7, 11) is 0. The van der Waals surface area contributed by atoms with Gasteiger partial charge in [-0.2, -0.15) is 0 Å². The molecule has 1 amide bonds. The largest absolute Gasteiger partial charge is 0.493 e. The lowest BCUT2D eigenvalue weighted by Gasteiger charge is -2.13. The van der Waals surface area contributed by atoms with Crippen molar-refractivity contribution in [3.05, 3.63) is 120 Å². The maximum absolute atomic E-state index is 12.9. The molecule has 4 heteroatoms. The Morgan fingerprint density at radius 1 is 0.677 bits per heavy atom. The van der Waals surface area contributed by atoms with Crippen LogP contribution in [0.4, 0.5) is 17.1 Å². The van der Waals surface area contributed by atoms with Crippen LogP contribution in [0.3, 0.4) is 0 Å². The predicted molar refractivity (Wildman–Crippen MR) is 126 cm³/mol. The fourth-order valence-electron chi connectivity index (χ4n) is 3.23. The van der Waals surface area contributed by atoms with E-state index in [1.165, 1.54) is 5.56 Å². The minimum atomic E-state index is -0.170. The van der Waals surface area contributed by atoms with Gasteiger partial charge in [-0.25, -0.2) is 0 Å². The highest BCUT2D eigenvalue weighted by Crippen LogP contribution is 2.23. The summed E-state index contributed by atoms with van der Waals surface area (Å²) >= 11 is 0. The van der Waals surface area contributed by atoms with Crippen LogP contribution >= 0.6 is 0 Å². The van der Waals surface area contributed by atoms with Gasteiger partial charge in [-0.3, -0.25) is 4.79 Å². The number of hydrogen-bond donors (Lipinski definition) is 2. The number of rotatable bonds is 8. The molecular formula is C27H24N2O2. The lowest BCUT2D eigenvalue weighted by molar-refractivity contribution is 0.102. The first-order chi connectivity index (χ1) is 15.3. The van der Waals surface area contributed by atoms with E-state index in [2.05, 4.69) is 22.8 Å². The molecule has 0 aliphatic rings. The van der Waals surface area contributed by atoms with Gasteiger partial charge in [0, 0.05) is 17.8 Å². The van der Waals surface area contributed by atoms with Crippen molar-refractivity contribution in [2.75, 3.05) is 17.2 Å². The summed E-state index contributed by atoms with van der Waals surface area (Å²) < 4.78 is 5.82. The Kier molecular flexibility index (Phi) is 6.61. The Morgan fingerprint density at radius 2 is 1.32 bits per heavy atom. The smallest absolute Gasteiger partial charge is 0.257 e. The average molecular weight is 409 g/mol. The maximum Gasteiger partial charge on any atom is 0.257 e. The second kappa shape index (κ2) is 10.1.